The van der Waals surface area contributed by atoms with E-state index in [0.29, 0.717) is 18.5 Å². The fourth-order valence-corrected chi connectivity index (χ4v) is 2.91. The molecule has 0 saturated carbocycles. The topological polar surface area (TPSA) is 58.4 Å². The molecule has 0 radical (unpaired) electrons. The van der Waals surface area contributed by atoms with Crippen LogP contribution < -0.4 is 0 Å². The first-order valence-electron chi connectivity index (χ1n) is 7.44. The minimum absolute atomic E-state index is 0.146. The van der Waals surface area contributed by atoms with Gasteiger partial charge >= 0.3 is 0 Å². The van der Waals surface area contributed by atoms with Crippen molar-refractivity contribution in [2.75, 3.05) is 6.54 Å². The first-order chi connectivity index (χ1) is 11.0. The minimum atomic E-state index is -0.951. The number of hydrogen-bond acceptors (Lipinski definition) is 3. The van der Waals surface area contributed by atoms with Gasteiger partial charge in [-0.1, -0.05) is 6.07 Å². The highest BCUT2D eigenvalue weighted by atomic mass is 19.2. The van der Waals surface area contributed by atoms with Crippen LogP contribution in [0.3, 0.4) is 0 Å². The molecule has 1 aliphatic heterocycles. The molecule has 0 spiro atoms. The van der Waals surface area contributed by atoms with Crippen LogP contribution in [-0.4, -0.2) is 38.3 Å². The summed E-state index contributed by atoms with van der Waals surface area (Å²) in [5, 5.41) is 13.9. The summed E-state index contributed by atoms with van der Waals surface area (Å²) in [4.78, 5) is 14.0. The quantitative estimate of drug-likeness (QED) is 0.935. The van der Waals surface area contributed by atoms with Crippen molar-refractivity contribution in [3.63, 3.8) is 0 Å². The lowest BCUT2D eigenvalue weighted by atomic mass is 10.0. The number of likely N-dealkylation sites (tertiary alicyclic amines) is 1. The highest BCUT2D eigenvalue weighted by Gasteiger charge is 2.35. The maximum absolute atomic E-state index is 13.4. The molecular weight excluding hydrogens is 304 g/mol. The smallest absolute Gasteiger partial charge is 0.225 e. The van der Waals surface area contributed by atoms with Crippen LogP contribution in [0.15, 0.2) is 36.7 Å². The zero-order valence-corrected chi connectivity index (χ0v) is 12.4. The van der Waals surface area contributed by atoms with Gasteiger partial charge in [-0.3, -0.25) is 9.48 Å². The Morgan fingerprint density at radius 2 is 2.17 bits per heavy atom. The Hall–Kier alpha value is -2.28. The average Bonchev–Trinajstić information content (AvgIpc) is 3.17. The third-order valence-corrected chi connectivity index (χ3v) is 4.04. The number of rotatable bonds is 4. The number of halogens is 2. The molecule has 2 heterocycles. The highest BCUT2D eigenvalue weighted by molar-refractivity contribution is 5.77. The second kappa shape index (κ2) is 6.45. The highest BCUT2D eigenvalue weighted by Crippen LogP contribution is 2.33. The molecule has 23 heavy (non-hydrogen) atoms. The molecule has 1 aromatic carbocycles. The summed E-state index contributed by atoms with van der Waals surface area (Å²) in [5.74, 6) is -2.02. The molecule has 1 aliphatic rings. The SMILES string of the molecule is O=C(CCn1cccn1)N1C[C@@H](O)C[C@@H]1c1ccc(F)c(F)c1. The summed E-state index contributed by atoms with van der Waals surface area (Å²) in [7, 11) is 0. The van der Waals surface area contributed by atoms with Gasteiger partial charge in [0.15, 0.2) is 11.6 Å². The van der Waals surface area contributed by atoms with Gasteiger partial charge in [0, 0.05) is 31.9 Å². The predicted molar refractivity (Wildman–Crippen MR) is 78.3 cm³/mol. The summed E-state index contributed by atoms with van der Waals surface area (Å²) in [6.07, 6.45) is 3.28. The normalized spacial score (nSPS) is 20.9. The molecule has 0 bridgehead atoms. The number of aliphatic hydroxyl groups excluding tert-OH is 1. The van der Waals surface area contributed by atoms with E-state index in [9.17, 15) is 18.7 Å². The number of aromatic nitrogens is 2. The second-order valence-electron chi connectivity index (χ2n) is 5.64. The van der Waals surface area contributed by atoms with Crippen LogP contribution in [0.4, 0.5) is 8.78 Å². The monoisotopic (exact) mass is 321 g/mol. The Bertz CT molecular complexity index is 691. The second-order valence-corrected chi connectivity index (χ2v) is 5.64. The number of benzene rings is 1. The van der Waals surface area contributed by atoms with Crippen molar-refractivity contribution in [2.24, 2.45) is 0 Å². The van der Waals surface area contributed by atoms with Gasteiger partial charge in [0.1, 0.15) is 0 Å². The van der Waals surface area contributed by atoms with E-state index in [2.05, 4.69) is 5.10 Å². The van der Waals surface area contributed by atoms with Crippen molar-refractivity contribution in [3.05, 3.63) is 53.9 Å². The van der Waals surface area contributed by atoms with Gasteiger partial charge in [0.2, 0.25) is 5.91 Å². The van der Waals surface area contributed by atoms with Crippen LogP contribution in [0.25, 0.3) is 0 Å². The standard InChI is InChI=1S/C16H17F2N3O2/c17-13-3-2-11(8-14(13)18)15-9-12(22)10-21(15)16(23)4-7-20-6-1-5-19-20/h1-3,5-6,8,12,15,22H,4,7,9-10H2/t12-,15+/m0/s1. The van der Waals surface area contributed by atoms with E-state index in [4.69, 9.17) is 0 Å². The maximum atomic E-state index is 13.4. The van der Waals surface area contributed by atoms with E-state index in [1.807, 2.05) is 0 Å². The number of nitrogens with zero attached hydrogens (tertiary/aromatic N) is 3. The van der Waals surface area contributed by atoms with Gasteiger partial charge in [0.25, 0.3) is 0 Å². The van der Waals surface area contributed by atoms with Crippen LogP contribution in [0, 0.1) is 11.6 Å². The molecule has 2 atom stereocenters. The van der Waals surface area contributed by atoms with Crippen LogP contribution in [0.5, 0.6) is 0 Å². The van der Waals surface area contributed by atoms with Crippen molar-refractivity contribution in [1.29, 1.82) is 0 Å². The molecule has 0 unspecified atom stereocenters. The number of β-amino-alcohol motifs (C(OH)–C–C–N with tert-alkyl or cyclic N) is 1. The van der Waals surface area contributed by atoms with E-state index in [0.717, 1.165) is 12.1 Å². The van der Waals surface area contributed by atoms with E-state index in [-0.39, 0.29) is 18.9 Å². The lowest BCUT2D eigenvalue weighted by Gasteiger charge is -2.25. The number of carbonyl (C=O) groups is 1. The molecule has 1 saturated heterocycles. The van der Waals surface area contributed by atoms with Crippen LogP contribution >= 0.6 is 0 Å². The van der Waals surface area contributed by atoms with E-state index < -0.39 is 23.8 Å². The molecule has 122 valence electrons. The molecule has 1 fully saturated rings. The fraction of sp³-hybridized carbons (Fsp3) is 0.375. The van der Waals surface area contributed by atoms with Gasteiger partial charge in [-0.25, -0.2) is 8.78 Å². The Morgan fingerprint density at radius 3 is 2.87 bits per heavy atom. The van der Waals surface area contributed by atoms with Gasteiger partial charge in [-0.05, 0) is 30.2 Å². The van der Waals surface area contributed by atoms with Crippen molar-refractivity contribution in [2.45, 2.75) is 31.5 Å². The molecule has 3 rings (SSSR count). The number of aryl methyl sites for hydroxylation is 1. The predicted octanol–water partition coefficient (Wildman–Crippen LogP) is 1.89. The van der Waals surface area contributed by atoms with Crippen molar-refractivity contribution >= 4 is 5.91 Å². The number of amides is 1. The summed E-state index contributed by atoms with van der Waals surface area (Å²) >= 11 is 0. The molecule has 1 amide bonds. The zero-order chi connectivity index (χ0) is 16.4. The van der Waals surface area contributed by atoms with Gasteiger partial charge in [-0.15, -0.1) is 0 Å². The molecule has 7 heteroatoms. The van der Waals surface area contributed by atoms with Gasteiger partial charge < -0.3 is 10.0 Å². The summed E-state index contributed by atoms with van der Waals surface area (Å²) in [6.45, 7) is 0.629. The largest absolute Gasteiger partial charge is 0.391 e. The number of carbonyl (C=O) groups excluding carboxylic acids is 1. The Kier molecular flexibility index (Phi) is 4.38. The summed E-state index contributed by atoms with van der Waals surface area (Å²) in [6, 6.07) is 4.92. The number of hydrogen-bond donors (Lipinski definition) is 1. The molecule has 0 aliphatic carbocycles. The lowest BCUT2D eigenvalue weighted by molar-refractivity contribution is -0.132. The summed E-state index contributed by atoms with van der Waals surface area (Å²) in [5.41, 5.74) is 0.493. The lowest BCUT2D eigenvalue weighted by Crippen LogP contribution is -2.32. The Morgan fingerprint density at radius 1 is 1.35 bits per heavy atom. The average molecular weight is 321 g/mol. The minimum Gasteiger partial charge on any atom is -0.391 e. The Labute approximate surface area is 132 Å². The molecule has 5 nitrogen and oxygen atoms in total. The van der Waals surface area contributed by atoms with Crippen LogP contribution in [0.1, 0.15) is 24.4 Å². The van der Waals surface area contributed by atoms with Crippen molar-refractivity contribution in [3.8, 4) is 0 Å². The van der Waals surface area contributed by atoms with Crippen molar-refractivity contribution < 1.29 is 18.7 Å². The zero-order valence-electron chi connectivity index (χ0n) is 12.4. The first kappa shape index (κ1) is 15.6. The van der Waals surface area contributed by atoms with Crippen LogP contribution in [0.2, 0.25) is 0 Å². The third-order valence-electron chi connectivity index (χ3n) is 4.04. The Balaban J connectivity index is 1.73. The first-order valence-corrected chi connectivity index (χ1v) is 7.44. The van der Waals surface area contributed by atoms with Crippen LogP contribution in [-0.2, 0) is 11.3 Å². The van der Waals surface area contributed by atoms with Gasteiger partial charge in [0.05, 0.1) is 12.1 Å². The molecule has 2 aromatic rings. The molecular formula is C16H17F2N3O2. The third kappa shape index (κ3) is 3.39. The number of aliphatic hydroxyl groups is 1. The maximum Gasteiger partial charge on any atom is 0.225 e. The molecule has 1 aromatic heterocycles. The van der Waals surface area contributed by atoms with E-state index >= 15 is 0 Å². The van der Waals surface area contributed by atoms with Crippen molar-refractivity contribution in [1.82, 2.24) is 14.7 Å². The van der Waals surface area contributed by atoms with Gasteiger partial charge in [-0.2, -0.15) is 5.10 Å². The summed E-state index contributed by atoms with van der Waals surface area (Å²) < 4.78 is 28.2. The fourth-order valence-electron chi connectivity index (χ4n) is 2.91. The van der Waals surface area contributed by atoms with E-state index in [1.54, 1.807) is 23.1 Å². The molecule has 1 N–H and O–H groups in total. The van der Waals surface area contributed by atoms with E-state index in [1.165, 1.54) is 11.0 Å².